The number of carbonyl (C=O) groups excluding carboxylic acids is 1. The van der Waals surface area contributed by atoms with Crippen LogP contribution in [-0.4, -0.2) is 36.4 Å². The van der Waals surface area contributed by atoms with E-state index in [-0.39, 0.29) is 30.1 Å². The summed E-state index contributed by atoms with van der Waals surface area (Å²) in [6, 6.07) is 0.423. The Morgan fingerprint density at radius 1 is 1.50 bits per heavy atom. The first kappa shape index (κ1) is 13.5. The fourth-order valence-electron chi connectivity index (χ4n) is 2.40. The number of methoxy groups -OCH3 is 1. The van der Waals surface area contributed by atoms with E-state index < -0.39 is 0 Å². The monoisotopic (exact) mass is 229 g/mol. The van der Waals surface area contributed by atoms with Crippen LogP contribution in [0, 0.1) is 5.92 Å². The molecule has 0 aromatic rings. The first-order valence-electron chi connectivity index (χ1n) is 6.06. The van der Waals surface area contributed by atoms with E-state index in [2.05, 4.69) is 10.1 Å². The molecule has 0 saturated heterocycles. The lowest BCUT2D eigenvalue weighted by molar-refractivity contribution is -0.145. The highest BCUT2D eigenvalue weighted by Gasteiger charge is 2.27. The van der Waals surface area contributed by atoms with Gasteiger partial charge in [-0.05, 0) is 32.6 Å². The van der Waals surface area contributed by atoms with Crippen molar-refractivity contribution in [3.63, 3.8) is 0 Å². The minimum atomic E-state index is -0.226. The molecule has 0 spiro atoms. The molecule has 16 heavy (non-hydrogen) atoms. The molecule has 4 unspecified atom stereocenters. The third-order valence-corrected chi connectivity index (χ3v) is 3.29. The van der Waals surface area contributed by atoms with E-state index in [1.807, 2.05) is 13.8 Å². The van der Waals surface area contributed by atoms with Crippen molar-refractivity contribution in [1.29, 1.82) is 0 Å². The van der Waals surface area contributed by atoms with Gasteiger partial charge in [0.1, 0.15) is 0 Å². The first-order chi connectivity index (χ1) is 7.54. The van der Waals surface area contributed by atoms with Gasteiger partial charge in [-0.3, -0.25) is 4.79 Å². The maximum Gasteiger partial charge on any atom is 0.308 e. The molecule has 94 valence electrons. The molecule has 0 amide bonds. The fraction of sp³-hybridized carbons (Fsp3) is 0.917. The summed E-state index contributed by atoms with van der Waals surface area (Å²) in [5.74, 6) is -0.258. The molecule has 2 N–H and O–H groups in total. The van der Waals surface area contributed by atoms with Crippen LogP contribution in [0.5, 0.6) is 0 Å². The van der Waals surface area contributed by atoms with Crippen LogP contribution in [0.3, 0.4) is 0 Å². The lowest BCUT2D eigenvalue weighted by atomic mass is 10.0. The summed E-state index contributed by atoms with van der Waals surface area (Å²) in [6.07, 6.45) is 3.51. The van der Waals surface area contributed by atoms with Crippen molar-refractivity contribution in [3.8, 4) is 0 Å². The number of carbonyl (C=O) groups is 1. The number of aliphatic hydroxyl groups is 1. The predicted octanol–water partition coefficient (Wildman–Crippen LogP) is 1.08. The van der Waals surface area contributed by atoms with Gasteiger partial charge in [0.05, 0.1) is 19.1 Å². The van der Waals surface area contributed by atoms with Crippen LogP contribution in [0.25, 0.3) is 0 Å². The molecular weight excluding hydrogens is 206 g/mol. The van der Waals surface area contributed by atoms with Gasteiger partial charge < -0.3 is 15.2 Å². The molecule has 1 aliphatic rings. The Labute approximate surface area is 97.4 Å². The molecule has 4 heteroatoms. The number of hydrogen-bond acceptors (Lipinski definition) is 4. The first-order valence-corrected chi connectivity index (χ1v) is 6.06. The lowest BCUT2D eigenvalue weighted by Crippen LogP contribution is -2.42. The fourth-order valence-corrected chi connectivity index (χ4v) is 2.40. The Morgan fingerprint density at radius 3 is 2.69 bits per heavy atom. The Balaban J connectivity index is 2.29. The van der Waals surface area contributed by atoms with Gasteiger partial charge in [-0.15, -0.1) is 0 Å². The van der Waals surface area contributed by atoms with Crippen LogP contribution in [0.4, 0.5) is 0 Å². The van der Waals surface area contributed by atoms with Crippen LogP contribution in [0.2, 0.25) is 0 Å². The normalized spacial score (nSPS) is 28.8. The smallest absolute Gasteiger partial charge is 0.308 e. The second kappa shape index (κ2) is 6.21. The molecule has 0 bridgehead atoms. The zero-order valence-electron chi connectivity index (χ0n) is 10.4. The lowest BCUT2D eigenvalue weighted by Gasteiger charge is -2.23. The minimum Gasteiger partial charge on any atom is -0.469 e. The number of rotatable bonds is 5. The zero-order chi connectivity index (χ0) is 12.1. The van der Waals surface area contributed by atoms with Gasteiger partial charge in [0.2, 0.25) is 0 Å². The summed E-state index contributed by atoms with van der Waals surface area (Å²) >= 11 is 0. The van der Waals surface area contributed by atoms with Gasteiger partial charge in [0.25, 0.3) is 0 Å². The van der Waals surface area contributed by atoms with Crippen molar-refractivity contribution in [2.45, 2.75) is 57.7 Å². The second-order valence-electron chi connectivity index (χ2n) is 4.83. The van der Waals surface area contributed by atoms with Crippen molar-refractivity contribution in [1.82, 2.24) is 5.32 Å². The molecule has 1 saturated carbocycles. The van der Waals surface area contributed by atoms with Gasteiger partial charge in [-0.1, -0.05) is 6.92 Å². The standard InChI is InChI=1S/C12H23NO3/c1-8(12(15)16-3)7-9(2)13-10-5-4-6-11(10)14/h8-11,13-14H,4-7H2,1-3H3. The van der Waals surface area contributed by atoms with Crippen LogP contribution < -0.4 is 5.32 Å². The van der Waals surface area contributed by atoms with Crippen LogP contribution in [0.15, 0.2) is 0 Å². The van der Waals surface area contributed by atoms with Gasteiger partial charge in [0.15, 0.2) is 0 Å². The largest absolute Gasteiger partial charge is 0.469 e. The average molecular weight is 229 g/mol. The number of ether oxygens (including phenoxy) is 1. The summed E-state index contributed by atoms with van der Waals surface area (Å²) in [5.41, 5.74) is 0. The van der Waals surface area contributed by atoms with E-state index in [1.54, 1.807) is 0 Å². The SMILES string of the molecule is COC(=O)C(C)CC(C)NC1CCCC1O. The predicted molar refractivity (Wildman–Crippen MR) is 62.0 cm³/mol. The molecule has 4 atom stereocenters. The highest BCUT2D eigenvalue weighted by atomic mass is 16.5. The topological polar surface area (TPSA) is 58.6 Å². The molecule has 4 nitrogen and oxygen atoms in total. The summed E-state index contributed by atoms with van der Waals surface area (Å²) in [5, 5.41) is 13.1. The number of nitrogens with one attached hydrogen (secondary N) is 1. The molecule has 1 fully saturated rings. The van der Waals surface area contributed by atoms with Crippen molar-refractivity contribution >= 4 is 5.97 Å². The van der Waals surface area contributed by atoms with Crippen LogP contribution in [0.1, 0.15) is 39.5 Å². The molecule has 0 heterocycles. The second-order valence-corrected chi connectivity index (χ2v) is 4.83. The number of esters is 1. The third-order valence-electron chi connectivity index (χ3n) is 3.29. The molecule has 1 aliphatic carbocycles. The molecular formula is C12H23NO3. The molecule has 0 aromatic carbocycles. The quantitative estimate of drug-likeness (QED) is 0.693. The van der Waals surface area contributed by atoms with E-state index in [1.165, 1.54) is 7.11 Å². The van der Waals surface area contributed by atoms with Crippen LogP contribution in [-0.2, 0) is 9.53 Å². The van der Waals surface area contributed by atoms with E-state index in [4.69, 9.17) is 0 Å². The Morgan fingerprint density at radius 2 is 2.19 bits per heavy atom. The van der Waals surface area contributed by atoms with E-state index in [9.17, 15) is 9.90 Å². The highest BCUT2D eigenvalue weighted by Crippen LogP contribution is 2.20. The Hall–Kier alpha value is -0.610. The zero-order valence-corrected chi connectivity index (χ0v) is 10.4. The van der Waals surface area contributed by atoms with E-state index in [0.29, 0.717) is 0 Å². The Kier molecular flexibility index (Phi) is 5.22. The highest BCUT2D eigenvalue weighted by molar-refractivity contribution is 5.71. The molecule has 0 aromatic heterocycles. The molecule has 0 aliphatic heterocycles. The van der Waals surface area contributed by atoms with Gasteiger partial charge >= 0.3 is 5.97 Å². The van der Waals surface area contributed by atoms with Gasteiger partial charge in [-0.2, -0.15) is 0 Å². The minimum absolute atomic E-state index is 0.0916. The number of hydrogen-bond donors (Lipinski definition) is 2. The summed E-state index contributed by atoms with van der Waals surface area (Å²) in [6.45, 7) is 3.92. The maximum absolute atomic E-state index is 11.2. The van der Waals surface area contributed by atoms with Crippen molar-refractivity contribution < 1.29 is 14.6 Å². The Bertz CT molecular complexity index is 232. The third kappa shape index (κ3) is 3.76. The van der Waals surface area contributed by atoms with E-state index >= 15 is 0 Å². The molecule has 1 rings (SSSR count). The van der Waals surface area contributed by atoms with Crippen molar-refractivity contribution in [2.75, 3.05) is 7.11 Å². The van der Waals surface area contributed by atoms with Crippen LogP contribution >= 0.6 is 0 Å². The summed E-state index contributed by atoms with van der Waals surface area (Å²) < 4.78 is 4.69. The summed E-state index contributed by atoms with van der Waals surface area (Å²) in [7, 11) is 1.41. The maximum atomic E-state index is 11.2. The van der Waals surface area contributed by atoms with Crippen molar-refractivity contribution in [3.05, 3.63) is 0 Å². The van der Waals surface area contributed by atoms with Crippen molar-refractivity contribution in [2.24, 2.45) is 5.92 Å². The van der Waals surface area contributed by atoms with Gasteiger partial charge in [0, 0.05) is 12.1 Å². The molecule has 0 radical (unpaired) electrons. The summed E-state index contributed by atoms with van der Waals surface area (Å²) in [4.78, 5) is 11.2. The number of aliphatic hydroxyl groups excluding tert-OH is 1. The average Bonchev–Trinajstić information content (AvgIpc) is 2.63. The van der Waals surface area contributed by atoms with Gasteiger partial charge in [-0.25, -0.2) is 0 Å². The van der Waals surface area contributed by atoms with E-state index in [0.717, 1.165) is 25.7 Å².